The average molecular weight is 493 g/mol. The Balaban J connectivity index is 1.58. The molecule has 180 valence electrons. The number of amides is 1. The smallest absolute Gasteiger partial charge is 0.225 e. The fourth-order valence-electron chi connectivity index (χ4n) is 3.37. The molecule has 4 aromatic rings. The van der Waals surface area contributed by atoms with Gasteiger partial charge in [-0.25, -0.2) is 9.97 Å². The van der Waals surface area contributed by atoms with E-state index in [0.717, 1.165) is 5.69 Å². The van der Waals surface area contributed by atoms with E-state index in [1.54, 1.807) is 30.5 Å². The molecule has 0 atom stereocenters. The van der Waals surface area contributed by atoms with Crippen molar-refractivity contribution in [2.24, 2.45) is 5.73 Å². The Morgan fingerprint density at radius 3 is 2.69 bits per heavy atom. The van der Waals surface area contributed by atoms with Crippen molar-refractivity contribution < 1.29 is 14.3 Å². The Bertz CT molecular complexity index is 1320. The highest BCUT2D eigenvalue weighted by molar-refractivity contribution is 6.32. The molecule has 35 heavy (non-hydrogen) atoms. The first-order valence-corrected chi connectivity index (χ1v) is 11.5. The number of rotatable bonds is 10. The van der Waals surface area contributed by atoms with Gasteiger partial charge in [0.25, 0.3) is 0 Å². The number of nitrogens with zero attached hydrogens (tertiary/aromatic N) is 3. The van der Waals surface area contributed by atoms with Gasteiger partial charge in [-0.05, 0) is 43.3 Å². The van der Waals surface area contributed by atoms with Gasteiger partial charge >= 0.3 is 0 Å². The number of carbonyl (C=O) groups excluding carboxylic acids is 1. The summed E-state index contributed by atoms with van der Waals surface area (Å²) in [4.78, 5) is 25.1. The summed E-state index contributed by atoms with van der Waals surface area (Å²) in [5.41, 5.74) is 8.20. The van der Waals surface area contributed by atoms with Crippen LogP contribution in [0.25, 0.3) is 10.9 Å². The van der Waals surface area contributed by atoms with Crippen LogP contribution in [0.5, 0.6) is 11.5 Å². The Morgan fingerprint density at radius 2 is 1.94 bits per heavy atom. The molecule has 2 aromatic heterocycles. The van der Waals surface area contributed by atoms with Gasteiger partial charge < -0.3 is 25.8 Å². The molecule has 0 fully saturated rings. The highest BCUT2D eigenvalue weighted by Crippen LogP contribution is 2.35. The molecule has 0 saturated carbocycles. The van der Waals surface area contributed by atoms with Crippen LogP contribution in [-0.4, -0.2) is 34.0 Å². The second-order valence-corrected chi connectivity index (χ2v) is 7.89. The number of nitrogens with two attached hydrogens (primary N) is 1. The SMILES string of the molecule is CCOc1cc2ncnc(Nc3ccc(OCc4ccccn4)c(Cl)c3)c2cc1NC(=O)CCN. The third-order valence-electron chi connectivity index (χ3n) is 4.98. The molecule has 0 bridgehead atoms. The first-order chi connectivity index (χ1) is 17.1. The zero-order valence-electron chi connectivity index (χ0n) is 19.1. The number of carbonyl (C=O) groups is 1. The number of benzene rings is 2. The summed E-state index contributed by atoms with van der Waals surface area (Å²) in [6, 6.07) is 14.6. The lowest BCUT2D eigenvalue weighted by molar-refractivity contribution is -0.116. The lowest BCUT2D eigenvalue weighted by Crippen LogP contribution is -2.17. The molecule has 0 spiro atoms. The molecule has 0 aliphatic heterocycles. The molecule has 1 amide bonds. The van der Waals surface area contributed by atoms with Crippen molar-refractivity contribution in [2.45, 2.75) is 20.0 Å². The second kappa shape index (κ2) is 11.5. The van der Waals surface area contributed by atoms with Crippen LogP contribution in [0.2, 0.25) is 5.02 Å². The third kappa shape index (κ3) is 6.14. The van der Waals surface area contributed by atoms with E-state index in [-0.39, 0.29) is 18.9 Å². The fourth-order valence-corrected chi connectivity index (χ4v) is 3.60. The van der Waals surface area contributed by atoms with Crippen molar-refractivity contribution in [3.8, 4) is 11.5 Å². The normalized spacial score (nSPS) is 10.7. The summed E-state index contributed by atoms with van der Waals surface area (Å²) < 4.78 is 11.5. The average Bonchev–Trinajstić information content (AvgIpc) is 2.85. The van der Waals surface area contributed by atoms with Crippen molar-refractivity contribution in [1.82, 2.24) is 15.0 Å². The number of anilines is 3. The van der Waals surface area contributed by atoms with E-state index >= 15 is 0 Å². The van der Waals surface area contributed by atoms with Crippen LogP contribution in [0.15, 0.2) is 61.1 Å². The Labute approximate surface area is 207 Å². The highest BCUT2D eigenvalue weighted by atomic mass is 35.5. The van der Waals surface area contributed by atoms with Gasteiger partial charge in [-0.15, -0.1) is 0 Å². The van der Waals surface area contributed by atoms with Gasteiger partial charge in [-0.3, -0.25) is 9.78 Å². The van der Waals surface area contributed by atoms with Crippen LogP contribution in [0.3, 0.4) is 0 Å². The molecular formula is C25H25ClN6O3. The molecule has 0 radical (unpaired) electrons. The summed E-state index contributed by atoms with van der Waals surface area (Å²) in [6.45, 7) is 2.87. The molecule has 9 nitrogen and oxygen atoms in total. The maximum absolute atomic E-state index is 12.2. The zero-order valence-corrected chi connectivity index (χ0v) is 19.9. The quantitative estimate of drug-likeness (QED) is 0.291. The lowest BCUT2D eigenvalue weighted by Gasteiger charge is -2.15. The van der Waals surface area contributed by atoms with Gasteiger partial charge in [-0.1, -0.05) is 17.7 Å². The highest BCUT2D eigenvalue weighted by Gasteiger charge is 2.14. The van der Waals surface area contributed by atoms with E-state index < -0.39 is 0 Å². The van der Waals surface area contributed by atoms with E-state index in [2.05, 4.69) is 25.6 Å². The standard InChI is InChI=1S/C25H25ClN6O3/c1-2-34-23-13-20-18(12-21(23)32-24(33)8-9-27)25(30-15-29-20)31-16-6-7-22(19(26)11-16)35-14-17-5-3-4-10-28-17/h3-7,10-13,15H,2,8-9,14,27H2,1H3,(H,32,33)(H,29,30,31). The molecule has 0 aliphatic carbocycles. The number of aromatic nitrogens is 3. The predicted octanol–water partition coefficient (Wildman–Crippen LogP) is 4.69. The van der Waals surface area contributed by atoms with Crippen LogP contribution < -0.4 is 25.8 Å². The number of halogens is 1. The number of hydrogen-bond donors (Lipinski definition) is 3. The summed E-state index contributed by atoms with van der Waals surface area (Å²) in [5.74, 6) is 1.41. The molecule has 4 N–H and O–H groups in total. The number of pyridine rings is 1. The van der Waals surface area contributed by atoms with Crippen molar-refractivity contribution >= 4 is 45.6 Å². The van der Waals surface area contributed by atoms with E-state index in [4.69, 9.17) is 26.8 Å². The monoisotopic (exact) mass is 492 g/mol. The molecular weight excluding hydrogens is 468 g/mol. The van der Waals surface area contributed by atoms with Crippen LogP contribution in [0, 0.1) is 0 Å². The molecule has 0 aliphatic rings. The Morgan fingerprint density at radius 1 is 1.06 bits per heavy atom. The minimum atomic E-state index is -0.202. The largest absolute Gasteiger partial charge is 0.492 e. The molecule has 2 heterocycles. The minimum Gasteiger partial charge on any atom is -0.492 e. The second-order valence-electron chi connectivity index (χ2n) is 7.49. The van der Waals surface area contributed by atoms with Crippen LogP contribution in [-0.2, 0) is 11.4 Å². The molecule has 10 heteroatoms. The van der Waals surface area contributed by atoms with Crippen LogP contribution in [0.4, 0.5) is 17.2 Å². The summed E-state index contributed by atoms with van der Waals surface area (Å²) in [5, 5.41) is 7.26. The number of fused-ring (bicyclic) bond motifs is 1. The van der Waals surface area contributed by atoms with Gasteiger partial charge in [0.05, 0.1) is 28.5 Å². The maximum Gasteiger partial charge on any atom is 0.225 e. The zero-order chi connectivity index (χ0) is 24.6. The van der Waals surface area contributed by atoms with Crippen LogP contribution >= 0.6 is 11.6 Å². The van der Waals surface area contributed by atoms with Gasteiger partial charge in [0.1, 0.15) is 30.3 Å². The van der Waals surface area contributed by atoms with Crippen molar-refractivity contribution in [3.05, 3.63) is 71.8 Å². The molecule has 0 unspecified atom stereocenters. The van der Waals surface area contributed by atoms with E-state index in [1.165, 1.54) is 6.33 Å². The van der Waals surface area contributed by atoms with Crippen molar-refractivity contribution in [3.63, 3.8) is 0 Å². The van der Waals surface area contributed by atoms with E-state index in [1.807, 2.05) is 31.2 Å². The summed E-state index contributed by atoms with van der Waals surface area (Å²) >= 11 is 6.46. The lowest BCUT2D eigenvalue weighted by atomic mass is 10.1. The van der Waals surface area contributed by atoms with Crippen molar-refractivity contribution in [1.29, 1.82) is 0 Å². The Kier molecular flexibility index (Phi) is 7.92. The Hall–Kier alpha value is -3.95. The topological polar surface area (TPSA) is 124 Å². The molecule has 4 rings (SSSR count). The fraction of sp³-hybridized carbons (Fsp3) is 0.200. The van der Waals surface area contributed by atoms with Gasteiger partial charge in [0.15, 0.2) is 0 Å². The van der Waals surface area contributed by atoms with E-state index in [9.17, 15) is 4.79 Å². The number of nitrogens with one attached hydrogen (secondary N) is 2. The number of hydrogen-bond acceptors (Lipinski definition) is 8. The van der Waals surface area contributed by atoms with Crippen LogP contribution in [0.1, 0.15) is 19.0 Å². The summed E-state index contributed by atoms with van der Waals surface area (Å²) in [7, 11) is 0. The maximum atomic E-state index is 12.2. The third-order valence-corrected chi connectivity index (χ3v) is 5.27. The van der Waals surface area contributed by atoms with Gasteiger partial charge in [0.2, 0.25) is 5.91 Å². The molecule has 2 aromatic carbocycles. The first kappa shape index (κ1) is 24.2. The first-order valence-electron chi connectivity index (χ1n) is 11.1. The van der Waals surface area contributed by atoms with Gasteiger partial charge in [-0.2, -0.15) is 0 Å². The number of ether oxygens (including phenoxy) is 2. The minimum absolute atomic E-state index is 0.202. The molecule has 0 saturated heterocycles. The van der Waals surface area contributed by atoms with Gasteiger partial charge in [0, 0.05) is 36.3 Å². The van der Waals surface area contributed by atoms with E-state index in [0.29, 0.717) is 57.8 Å². The predicted molar refractivity (Wildman–Crippen MR) is 136 cm³/mol. The summed E-state index contributed by atoms with van der Waals surface area (Å²) in [6.07, 6.45) is 3.37. The van der Waals surface area contributed by atoms with Crippen molar-refractivity contribution in [2.75, 3.05) is 23.8 Å².